The molecule has 0 aliphatic carbocycles. The van der Waals surface area contributed by atoms with Crippen LogP contribution in [0.3, 0.4) is 0 Å². The second kappa shape index (κ2) is 53.5. The van der Waals surface area contributed by atoms with Gasteiger partial charge in [0, 0.05) is 65.4 Å². The quantitative estimate of drug-likeness (QED) is 0.0263. The van der Waals surface area contributed by atoms with Crippen molar-refractivity contribution in [2.24, 2.45) is 22.9 Å². The fraction of sp³-hybridized carbons (Fsp3) is 0.905. The molecule has 26 heteroatoms. The first-order valence-corrected chi connectivity index (χ1v) is 23.6. The molecule has 4 amide bonds. The van der Waals surface area contributed by atoms with Crippen molar-refractivity contribution < 1.29 is 76.0 Å². The van der Waals surface area contributed by atoms with Gasteiger partial charge in [-0.25, -0.2) is 0 Å². The van der Waals surface area contributed by atoms with E-state index in [1.807, 2.05) is 0 Å². The van der Waals surface area contributed by atoms with Gasteiger partial charge < -0.3 is 101 Å². The van der Waals surface area contributed by atoms with Crippen molar-refractivity contribution in [2.45, 2.75) is 0 Å². The molecule has 0 heterocycles. The first-order chi connectivity index (χ1) is 33.4. The van der Waals surface area contributed by atoms with Crippen molar-refractivity contribution in [2.75, 3.05) is 250 Å². The maximum atomic E-state index is 13.1. The Labute approximate surface area is 403 Å². The lowest BCUT2D eigenvalue weighted by molar-refractivity contribution is -0.128. The minimum atomic E-state index is -0.343. The highest BCUT2D eigenvalue weighted by Crippen LogP contribution is 1.96. The molecule has 0 spiro atoms. The highest BCUT2D eigenvalue weighted by atomic mass is 16.6. The zero-order valence-corrected chi connectivity index (χ0v) is 40.6. The minimum absolute atomic E-state index is 0.141. The lowest BCUT2D eigenvalue weighted by Crippen LogP contribution is -2.49. The van der Waals surface area contributed by atoms with Crippen molar-refractivity contribution in [3.8, 4) is 0 Å². The van der Waals surface area contributed by atoms with E-state index in [1.54, 1.807) is 9.80 Å². The molecule has 0 unspecified atom stereocenters. The number of ether oxygens (including phenoxy) is 12. The summed E-state index contributed by atoms with van der Waals surface area (Å²) < 4.78 is 65.0. The van der Waals surface area contributed by atoms with Crippen LogP contribution >= 0.6 is 0 Å². The number of hydrogen-bond acceptors (Lipinski definition) is 22. The van der Waals surface area contributed by atoms with E-state index in [-0.39, 0.29) is 116 Å². The van der Waals surface area contributed by atoms with Crippen LogP contribution in [-0.2, 0) is 76.0 Å². The van der Waals surface area contributed by atoms with Crippen LogP contribution in [0, 0.1) is 0 Å². The standard InChI is InChI=1S/C42H88N10O16/c43-1-11-57-19-27-65-31-23-61-15-5-47-39(53)35-51(36-40(54)48-6-16-62-24-32-66-28-20-58-12-2-44)9-10-52(37-41(55)49-7-17-63-25-33-67-29-21-59-13-3-45)38-42(56)50-8-18-64-26-34-68-30-22-60-14-4-46/h1-38,43-46H2,(H,47,53)(H,48,54)(H,49,55)(H,50,56). The summed E-state index contributed by atoms with van der Waals surface area (Å²) in [6.07, 6.45) is 0. The molecule has 0 saturated carbocycles. The van der Waals surface area contributed by atoms with E-state index in [1.165, 1.54) is 0 Å². The molecule has 68 heavy (non-hydrogen) atoms. The van der Waals surface area contributed by atoms with Gasteiger partial charge in [0.25, 0.3) is 0 Å². The molecule has 26 nitrogen and oxygen atoms in total. The fourth-order valence-corrected chi connectivity index (χ4v) is 5.30. The zero-order valence-electron chi connectivity index (χ0n) is 40.6. The second-order valence-corrected chi connectivity index (χ2v) is 14.3. The van der Waals surface area contributed by atoms with E-state index in [9.17, 15) is 19.2 Å². The Morgan fingerprint density at radius 3 is 0.603 bits per heavy atom. The van der Waals surface area contributed by atoms with Gasteiger partial charge in [-0.05, 0) is 0 Å². The predicted octanol–water partition coefficient (Wildman–Crippen LogP) is -5.91. The maximum absolute atomic E-state index is 13.1. The monoisotopic (exact) mass is 989 g/mol. The van der Waals surface area contributed by atoms with Gasteiger partial charge in [-0.2, -0.15) is 0 Å². The molecule has 0 rings (SSSR count). The summed E-state index contributed by atoms with van der Waals surface area (Å²) in [6.45, 7) is 11.6. The number of carbonyl (C=O) groups is 4. The van der Waals surface area contributed by atoms with Gasteiger partial charge in [0.05, 0.1) is 185 Å². The molecule has 0 fully saturated rings. The molecule has 0 aromatic rings. The first kappa shape index (κ1) is 65.2. The highest BCUT2D eigenvalue weighted by molar-refractivity contribution is 5.82. The summed E-state index contributed by atoms with van der Waals surface area (Å²) in [5.74, 6) is -1.37. The van der Waals surface area contributed by atoms with Gasteiger partial charge >= 0.3 is 0 Å². The minimum Gasteiger partial charge on any atom is -0.378 e. The smallest absolute Gasteiger partial charge is 0.234 e. The van der Waals surface area contributed by atoms with Crippen LogP contribution in [0.15, 0.2) is 0 Å². The van der Waals surface area contributed by atoms with Crippen LogP contribution in [0.4, 0.5) is 0 Å². The van der Waals surface area contributed by atoms with E-state index in [2.05, 4.69) is 21.3 Å². The third-order valence-electron chi connectivity index (χ3n) is 8.50. The van der Waals surface area contributed by atoms with E-state index in [4.69, 9.17) is 79.8 Å². The molecular formula is C42H88N10O16. The number of hydrogen-bond donors (Lipinski definition) is 8. The number of carbonyl (C=O) groups excluding carboxylic acids is 4. The maximum Gasteiger partial charge on any atom is 0.234 e. The largest absolute Gasteiger partial charge is 0.378 e. The number of nitrogens with one attached hydrogen (secondary N) is 4. The lowest BCUT2D eigenvalue weighted by Gasteiger charge is -2.26. The molecular weight excluding hydrogens is 901 g/mol. The SMILES string of the molecule is NCCOCCOCCOCCNC(=O)CN(CCN(CC(=O)NCCOCCOCCOCCN)CC(=O)NCCOCCOCCOCCN)CC(=O)NCCOCCOCCOCCN. The fourth-order valence-electron chi connectivity index (χ4n) is 5.30. The van der Waals surface area contributed by atoms with Crippen molar-refractivity contribution in [3.63, 3.8) is 0 Å². The van der Waals surface area contributed by atoms with E-state index >= 15 is 0 Å². The molecule has 0 bridgehead atoms. The Bertz CT molecular complexity index is 984. The molecule has 0 atom stereocenters. The molecule has 0 saturated heterocycles. The number of nitrogens with two attached hydrogens (primary N) is 4. The van der Waals surface area contributed by atoms with Crippen LogP contribution in [0.2, 0.25) is 0 Å². The van der Waals surface area contributed by atoms with Gasteiger partial charge in [0.2, 0.25) is 23.6 Å². The Morgan fingerprint density at radius 2 is 0.426 bits per heavy atom. The summed E-state index contributed by atoms with van der Waals surface area (Å²) in [4.78, 5) is 55.6. The van der Waals surface area contributed by atoms with Gasteiger partial charge in [0.1, 0.15) is 0 Å². The van der Waals surface area contributed by atoms with Crippen LogP contribution in [0.5, 0.6) is 0 Å². The molecule has 0 aromatic carbocycles. The van der Waals surface area contributed by atoms with Crippen LogP contribution < -0.4 is 44.2 Å². The molecule has 12 N–H and O–H groups in total. The van der Waals surface area contributed by atoms with Gasteiger partial charge in [-0.15, -0.1) is 0 Å². The topological polar surface area (TPSA) is 338 Å². The normalized spacial score (nSPS) is 11.4. The summed E-state index contributed by atoms with van der Waals surface area (Å²) in [6, 6.07) is 0. The van der Waals surface area contributed by atoms with Crippen LogP contribution in [-0.4, -0.2) is 284 Å². The summed E-state index contributed by atoms with van der Waals surface area (Å²) in [5, 5.41) is 11.2. The Hall–Kier alpha value is -2.84. The van der Waals surface area contributed by atoms with E-state index in [0.717, 1.165) is 0 Å². The summed E-state index contributed by atoms with van der Waals surface area (Å²) in [5.41, 5.74) is 21.6. The van der Waals surface area contributed by atoms with Crippen molar-refractivity contribution in [1.82, 2.24) is 31.1 Å². The highest BCUT2D eigenvalue weighted by Gasteiger charge is 2.19. The molecule has 0 aliphatic rings. The van der Waals surface area contributed by atoms with Gasteiger partial charge in [-0.3, -0.25) is 29.0 Å². The summed E-state index contributed by atoms with van der Waals surface area (Å²) in [7, 11) is 0. The predicted molar refractivity (Wildman–Crippen MR) is 251 cm³/mol. The second-order valence-electron chi connectivity index (χ2n) is 14.3. The average Bonchev–Trinajstić information content (AvgIpc) is 3.32. The van der Waals surface area contributed by atoms with Crippen molar-refractivity contribution in [1.29, 1.82) is 0 Å². The van der Waals surface area contributed by atoms with Gasteiger partial charge in [0.15, 0.2) is 0 Å². The van der Waals surface area contributed by atoms with Crippen molar-refractivity contribution >= 4 is 23.6 Å². The number of nitrogens with zero attached hydrogens (tertiary/aromatic N) is 2. The Morgan fingerprint density at radius 1 is 0.265 bits per heavy atom. The van der Waals surface area contributed by atoms with Gasteiger partial charge in [-0.1, -0.05) is 0 Å². The average molecular weight is 989 g/mol. The third kappa shape index (κ3) is 49.6. The Kier molecular flexibility index (Phi) is 51.3. The van der Waals surface area contributed by atoms with E-state index < -0.39 is 0 Å². The number of rotatable bonds is 55. The molecule has 0 aliphatic heterocycles. The van der Waals surface area contributed by atoms with Crippen LogP contribution in [0.1, 0.15) is 0 Å². The zero-order chi connectivity index (χ0) is 49.6. The molecule has 0 aromatic heterocycles. The molecule has 0 radical (unpaired) electrons. The lowest BCUT2D eigenvalue weighted by atomic mass is 10.3. The third-order valence-corrected chi connectivity index (χ3v) is 8.50. The first-order valence-electron chi connectivity index (χ1n) is 23.6. The summed E-state index contributed by atoms with van der Waals surface area (Å²) >= 11 is 0. The van der Waals surface area contributed by atoms with Crippen LogP contribution in [0.25, 0.3) is 0 Å². The Balaban J connectivity index is 5.27. The number of amides is 4. The molecule has 402 valence electrons. The van der Waals surface area contributed by atoms with E-state index in [0.29, 0.717) is 158 Å². The van der Waals surface area contributed by atoms with Crippen molar-refractivity contribution in [3.05, 3.63) is 0 Å².